The molecule has 2 aromatic heterocycles. The van der Waals surface area contributed by atoms with Gasteiger partial charge in [-0.1, -0.05) is 65.5 Å². The minimum Gasteiger partial charge on any atom is -0.406 e. The monoisotopic (exact) mass is 565 g/mol. The SMILES string of the molecule is O=C(Cc1cccc(OC(F)(F)F)c1)Nc1nnc(CCCCc2cc3c(nn2)CC(Cc2ccccc2)=C3)s1. The van der Waals surface area contributed by atoms with E-state index >= 15 is 0 Å². The Balaban J connectivity index is 1.05. The van der Waals surface area contributed by atoms with Crippen LogP contribution in [0.2, 0.25) is 0 Å². The van der Waals surface area contributed by atoms with Gasteiger partial charge >= 0.3 is 6.36 Å². The van der Waals surface area contributed by atoms with Gasteiger partial charge in [0.15, 0.2) is 0 Å². The fourth-order valence-corrected chi connectivity index (χ4v) is 5.30. The smallest absolute Gasteiger partial charge is 0.406 e. The van der Waals surface area contributed by atoms with Crippen LogP contribution in [0.1, 0.15) is 45.9 Å². The van der Waals surface area contributed by atoms with Gasteiger partial charge in [-0.05, 0) is 60.6 Å². The van der Waals surface area contributed by atoms with E-state index in [1.54, 1.807) is 6.07 Å². The Morgan fingerprint density at radius 3 is 2.55 bits per heavy atom. The summed E-state index contributed by atoms with van der Waals surface area (Å²) >= 11 is 1.28. The van der Waals surface area contributed by atoms with Gasteiger partial charge in [0.2, 0.25) is 11.0 Å². The lowest BCUT2D eigenvalue weighted by Crippen LogP contribution is -2.17. The fraction of sp³-hybridized carbons (Fsp3) is 0.276. The molecule has 1 amide bonds. The summed E-state index contributed by atoms with van der Waals surface area (Å²) in [5, 5.41) is 20.8. The third kappa shape index (κ3) is 7.95. The molecule has 11 heteroatoms. The van der Waals surface area contributed by atoms with E-state index in [4.69, 9.17) is 0 Å². The zero-order chi connectivity index (χ0) is 28.0. The highest BCUT2D eigenvalue weighted by molar-refractivity contribution is 7.15. The predicted octanol–water partition coefficient (Wildman–Crippen LogP) is 6.16. The van der Waals surface area contributed by atoms with Gasteiger partial charge in [0.05, 0.1) is 17.8 Å². The van der Waals surface area contributed by atoms with Crippen LogP contribution in [-0.4, -0.2) is 32.7 Å². The van der Waals surface area contributed by atoms with Crippen molar-refractivity contribution in [1.29, 1.82) is 0 Å². The molecule has 1 aliphatic rings. The Kier molecular flexibility index (Phi) is 8.49. The van der Waals surface area contributed by atoms with Crippen LogP contribution in [0.5, 0.6) is 5.75 Å². The summed E-state index contributed by atoms with van der Waals surface area (Å²) in [6, 6.07) is 17.9. The van der Waals surface area contributed by atoms with Gasteiger partial charge in [0, 0.05) is 12.8 Å². The molecule has 0 aliphatic heterocycles. The Morgan fingerprint density at radius 2 is 1.73 bits per heavy atom. The number of carbonyl (C=O) groups is 1. The summed E-state index contributed by atoms with van der Waals surface area (Å²) in [6.45, 7) is 0. The standard InChI is InChI=1S/C29H26F3N5O2S/c30-29(31,32)39-24-11-6-9-20(15-24)17-26(38)33-28-37-36-27(40-28)12-5-4-10-23-18-22-14-21(16-25(22)35-34-23)13-19-7-2-1-3-8-19/h1-3,6-9,11,14-15,18H,4-5,10,12-13,16-17H2,(H,33,37,38). The molecule has 1 aliphatic carbocycles. The van der Waals surface area contributed by atoms with Crippen molar-refractivity contribution in [1.82, 2.24) is 20.4 Å². The van der Waals surface area contributed by atoms with E-state index in [1.807, 2.05) is 6.07 Å². The number of anilines is 1. The van der Waals surface area contributed by atoms with Crippen molar-refractivity contribution in [3.05, 3.63) is 99.3 Å². The van der Waals surface area contributed by atoms with E-state index in [2.05, 4.69) is 66.9 Å². The van der Waals surface area contributed by atoms with Crippen LogP contribution in [0, 0.1) is 0 Å². The zero-order valence-corrected chi connectivity index (χ0v) is 22.3. The average molecular weight is 566 g/mol. The molecule has 2 aromatic carbocycles. The summed E-state index contributed by atoms with van der Waals surface area (Å²) in [7, 11) is 0. The number of unbranched alkanes of at least 4 members (excludes halogenated alkanes) is 1. The van der Waals surface area contributed by atoms with Crippen molar-refractivity contribution in [3.63, 3.8) is 0 Å². The average Bonchev–Trinajstić information content (AvgIpc) is 3.52. The molecule has 0 unspecified atom stereocenters. The van der Waals surface area contributed by atoms with Crippen LogP contribution in [0.25, 0.3) is 6.08 Å². The van der Waals surface area contributed by atoms with Crippen molar-refractivity contribution in [2.24, 2.45) is 0 Å². The van der Waals surface area contributed by atoms with Gasteiger partial charge in [0.1, 0.15) is 10.8 Å². The lowest BCUT2D eigenvalue weighted by Gasteiger charge is -2.09. The number of hydrogen-bond acceptors (Lipinski definition) is 7. The lowest BCUT2D eigenvalue weighted by atomic mass is 10.0. The lowest BCUT2D eigenvalue weighted by molar-refractivity contribution is -0.274. The molecule has 7 nitrogen and oxygen atoms in total. The molecule has 0 saturated carbocycles. The third-order valence-corrected chi connectivity index (χ3v) is 7.16. The molecule has 0 spiro atoms. The van der Waals surface area contributed by atoms with Crippen molar-refractivity contribution < 1.29 is 22.7 Å². The quantitative estimate of drug-likeness (QED) is 0.219. The van der Waals surface area contributed by atoms with Crippen LogP contribution in [-0.2, 0) is 36.9 Å². The summed E-state index contributed by atoms with van der Waals surface area (Å²) in [4.78, 5) is 12.3. The van der Waals surface area contributed by atoms with Crippen molar-refractivity contribution in [2.75, 3.05) is 5.32 Å². The number of benzene rings is 2. The van der Waals surface area contributed by atoms with E-state index in [1.165, 1.54) is 40.7 Å². The number of halogens is 3. The van der Waals surface area contributed by atoms with Gasteiger partial charge in [0.25, 0.3) is 0 Å². The minimum absolute atomic E-state index is 0.116. The molecule has 2 heterocycles. The topological polar surface area (TPSA) is 89.9 Å². The molecule has 0 fully saturated rings. The first-order valence-electron chi connectivity index (χ1n) is 12.8. The van der Waals surface area contributed by atoms with Gasteiger partial charge < -0.3 is 10.1 Å². The maximum absolute atomic E-state index is 12.4. The summed E-state index contributed by atoms with van der Waals surface area (Å²) in [5.41, 5.74) is 6.17. The molecule has 206 valence electrons. The largest absolute Gasteiger partial charge is 0.573 e. The van der Waals surface area contributed by atoms with Crippen molar-refractivity contribution >= 4 is 28.5 Å². The number of allylic oxidation sites excluding steroid dienone is 1. The van der Waals surface area contributed by atoms with Gasteiger partial charge in [-0.2, -0.15) is 10.2 Å². The molecule has 5 rings (SSSR count). The Hall–Kier alpha value is -4.12. The molecule has 40 heavy (non-hydrogen) atoms. The normalized spacial score (nSPS) is 12.6. The summed E-state index contributed by atoms with van der Waals surface area (Å²) in [6.07, 6.45) is 2.38. The highest BCUT2D eigenvalue weighted by Gasteiger charge is 2.31. The van der Waals surface area contributed by atoms with Crippen LogP contribution >= 0.6 is 11.3 Å². The summed E-state index contributed by atoms with van der Waals surface area (Å²) in [5.74, 6) is -0.769. The van der Waals surface area contributed by atoms with Crippen LogP contribution in [0.15, 0.2) is 66.2 Å². The molecule has 0 bridgehead atoms. The Labute approximate surface area is 233 Å². The number of ether oxygens (including phenoxy) is 1. The first kappa shape index (κ1) is 27.4. The minimum atomic E-state index is -4.79. The second kappa shape index (κ2) is 12.4. The molecule has 0 atom stereocenters. The van der Waals surface area contributed by atoms with E-state index < -0.39 is 12.3 Å². The van der Waals surface area contributed by atoms with Crippen LogP contribution in [0.4, 0.5) is 18.3 Å². The maximum atomic E-state index is 12.4. The number of carbonyl (C=O) groups excluding carboxylic acids is 1. The predicted molar refractivity (Wildman–Crippen MR) is 146 cm³/mol. The highest BCUT2D eigenvalue weighted by atomic mass is 32.1. The van der Waals surface area contributed by atoms with Gasteiger partial charge in [-0.25, -0.2) is 0 Å². The number of amides is 1. The molecule has 0 radical (unpaired) electrons. The number of nitrogens with one attached hydrogen (secondary N) is 1. The number of fused-ring (bicyclic) bond motifs is 1. The molecule has 0 saturated heterocycles. The van der Waals surface area contributed by atoms with Crippen molar-refractivity contribution in [3.8, 4) is 5.75 Å². The van der Waals surface area contributed by atoms with Crippen LogP contribution < -0.4 is 10.1 Å². The van der Waals surface area contributed by atoms with E-state index in [9.17, 15) is 18.0 Å². The van der Waals surface area contributed by atoms with E-state index in [0.717, 1.165) is 54.1 Å². The van der Waals surface area contributed by atoms with Gasteiger partial charge in [-0.15, -0.1) is 23.4 Å². The molecule has 4 aromatic rings. The molecular formula is C29H26F3N5O2S. The number of alkyl halides is 3. The van der Waals surface area contributed by atoms with Crippen molar-refractivity contribution in [2.45, 2.75) is 51.3 Å². The summed E-state index contributed by atoms with van der Waals surface area (Å²) < 4.78 is 41.2. The van der Waals surface area contributed by atoms with E-state index in [-0.39, 0.29) is 12.2 Å². The zero-order valence-electron chi connectivity index (χ0n) is 21.4. The second-order valence-electron chi connectivity index (χ2n) is 9.51. The second-order valence-corrected chi connectivity index (χ2v) is 10.6. The molecule has 1 N–H and O–H groups in total. The highest BCUT2D eigenvalue weighted by Crippen LogP contribution is 2.27. The van der Waals surface area contributed by atoms with Gasteiger partial charge in [-0.3, -0.25) is 4.79 Å². The Bertz CT molecular complexity index is 1510. The number of nitrogens with zero attached hydrogens (tertiary/aromatic N) is 4. The molecular weight excluding hydrogens is 539 g/mol. The number of aromatic nitrogens is 4. The van der Waals surface area contributed by atoms with Crippen LogP contribution in [0.3, 0.4) is 0 Å². The number of rotatable bonds is 11. The first-order chi connectivity index (χ1) is 19.3. The maximum Gasteiger partial charge on any atom is 0.573 e. The number of aryl methyl sites for hydroxylation is 2. The number of hydrogen-bond donors (Lipinski definition) is 1. The first-order valence-corrected chi connectivity index (χ1v) is 13.7. The van der Waals surface area contributed by atoms with E-state index in [0.29, 0.717) is 17.1 Å². The Morgan fingerprint density at radius 1 is 0.925 bits per heavy atom. The fourth-order valence-electron chi connectivity index (χ4n) is 4.51. The third-order valence-electron chi connectivity index (χ3n) is 6.27.